The molecule has 2 heterocycles. The summed E-state index contributed by atoms with van der Waals surface area (Å²) in [6.45, 7) is 3.68. The maximum absolute atomic E-state index is 14.2. The third kappa shape index (κ3) is 5.30. The Kier molecular flexibility index (Phi) is 8.28. The van der Waals surface area contributed by atoms with E-state index in [0.29, 0.717) is 24.9 Å². The second kappa shape index (κ2) is 10.8. The molecular formula is C24H27ClF2N2O3S. The minimum Gasteiger partial charge on any atom is -0.489 e. The van der Waals surface area contributed by atoms with E-state index in [-0.39, 0.29) is 42.2 Å². The third-order valence-electron chi connectivity index (χ3n) is 5.98. The van der Waals surface area contributed by atoms with Gasteiger partial charge in [0.2, 0.25) is 5.91 Å². The fourth-order valence-corrected chi connectivity index (χ4v) is 5.37. The molecule has 178 valence electrons. The van der Waals surface area contributed by atoms with Crippen molar-refractivity contribution < 1.29 is 23.4 Å². The van der Waals surface area contributed by atoms with Gasteiger partial charge in [0.1, 0.15) is 12.4 Å². The monoisotopic (exact) mass is 496 g/mol. The maximum Gasteiger partial charge on any atom is 0.249 e. The molecule has 0 saturated carbocycles. The zero-order valence-electron chi connectivity index (χ0n) is 18.2. The number of rotatable bonds is 8. The first kappa shape index (κ1) is 25.4. The average molecular weight is 497 g/mol. The van der Waals surface area contributed by atoms with Gasteiger partial charge < -0.3 is 15.6 Å². The molecule has 3 aromatic rings. The summed E-state index contributed by atoms with van der Waals surface area (Å²) in [7, 11) is 0. The van der Waals surface area contributed by atoms with Crippen molar-refractivity contribution in [3.05, 3.63) is 64.0 Å². The van der Waals surface area contributed by atoms with Crippen LogP contribution < -0.4 is 10.5 Å². The lowest BCUT2D eigenvalue weighted by Crippen LogP contribution is -2.45. The molecule has 3 N–H and O–H groups in total. The predicted octanol–water partition coefficient (Wildman–Crippen LogP) is 4.84. The Labute approximate surface area is 201 Å². The normalized spacial score (nSPS) is 16.2. The van der Waals surface area contributed by atoms with Crippen molar-refractivity contribution in [2.24, 2.45) is 5.73 Å². The molecule has 1 aromatic heterocycles. The number of amides is 1. The van der Waals surface area contributed by atoms with Gasteiger partial charge in [0.25, 0.3) is 0 Å². The largest absolute Gasteiger partial charge is 0.489 e. The smallest absolute Gasteiger partial charge is 0.249 e. The van der Waals surface area contributed by atoms with E-state index in [1.54, 1.807) is 6.07 Å². The quantitative estimate of drug-likeness (QED) is 0.468. The van der Waals surface area contributed by atoms with Crippen LogP contribution in [0.5, 0.6) is 5.75 Å². The fourth-order valence-electron chi connectivity index (χ4n) is 4.38. The third-order valence-corrected chi connectivity index (χ3v) is 6.96. The van der Waals surface area contributed by atoms with E-state index in [4.69, 9.17) is 10.5 Å². The molecule has 0 saturated heterocycles. The number of carbonyl (C=O) groups is 1. The molecule has 33 heavy (non-hydrogen) atoms. The molecule has 0 aliphatic carbocycles. The second-order valence-corrected chi connectivity index (χ2v) is 9.02. The van der Waals surface area contributed by atoms with Crippen LogP contribution in [0.25, 0.3) is 10.1 Å². The SMILES string of the molecule is CCCN(CCC(O)c1csc2ccc(F)cc12)C1COc2c(F)ccc(C(N)=O)c2C1.Cl. The Bertz CT molecular complexity index is 1140. The molecule has 1 aliphatic heterocycles. The van der Waals surface area contributed by atoms with E-state index in [0.717, 1.165) is 28.6 Å². The Balaban J connectivity index is 0.00000306. The second-order valence-electron chi connectivity index (χ2n) is 8.11. The van der Waals surface area contributed by atoms with Crippen LogP contribution in [-0.4, -0.2) is 41.7 Å². The Morgan fingerprint density at radius 1 is 1.30 bits per heavy atom. The van der Waals surface area contributed by atoms with E-state index < -0.39 is 17.8 Å². The number of benzene rings is 2. The van der Waals surface area contributed by atoms with E-state index in [9.17, 15) is 18.7 Å². The van der Waals surface area contributed by atoms with Gasteiger partial charge in [0.15, 0.2) is 11.6 Å². The minimum atomic E-state index is -0.736. The molecule has 0 fully saturated rings. The van der Waals surface area contributed by atoms with Crippen molar-refractivity contribution in [2.45, 2.75) is 38.3 Å². The first-order valence-electron chi connectivity index (χ1n) is 10.7. The molecule has 9 heteroatoms. The maximum atomic E-state index is 14.2. The van der Waals surface area contributed by atoms with Gasteiger partial charge in [-0.15, -0.1) is 23.7 Å². The summed E-state index contributed by atoms with van der Waals surface area (Å²) in [5.41, 5.74) is 6.98. The number of ether oxygens (including phenoxy) is 1. The molecule has 2 aromatic carbocycles. The lowest BCUT2D eigenvalue weighted by atomic mass is 9.95. The fraction of sp³-hybridized carbons (Fsp3) is 0.375. The zero-order chi connectivity index (χ0) is 22.8. The van der Waals surface area contributed by atoms with Crippen LogP contribution >= 0.6 is 23.7 Å². The zero-order valence-corrected chi connectivity index (χ0v) is 19.9. The molecule has 2 unspecified atom stereocenters. The summed E-state index contributed by atoms with van der Waals surface area (Å²) in [5.74, 6) is -1.34. The lowest BCUT2D eigenvalue weighted by Gasteiger charge is -2.36. The number of hydrogen-bond acceptors (Lipinski definition) is 5. The van der Waals surface area contributed by atoms with Crippen molar-refractivity contribution >= 4 is 39.7 Å². The van der Waals surface area contributed by atoms with Gasteiger partial charge in [-0.05, 0) is 67.1 Å². The minimum absolute atomic E-state index is 0. The van der Waals surface area contributed by atoms with Crippen molar-refractivity contribution in [2.75, 3.05) is 19.7 Å². The number of aliphatic hydroxyl groups excluding tert-OH is 1. The van der Waals surface area contributed by atoms with Crippen LogP contribution in [0.4, 0.5) is 8.78 Å². The van der Waals surface area contributed by atoms with Gasteiger partial charge in [-0.25, -0.2) is 8.78 Å². The summed E-state index contributed by atoms with van der Waals surface area (Å²) in [6.07, 6.45) is 1.05. The van der Waals surface area contributed by atoms with E-state index in [1.807, 2.05) is 5.38 Å². The predicted molar refractivity (Wildman–Crippen MR) is 128 cm³/mol. The van der Waals surface area contributed by atoms with Crippen molar-refractivity contribution in [3.63, 3.8) is 0 Å². The number of nitrogens with two attached hydrogens (primary N) is 1. The first-order chi connectivity index (χ1) is 15.4. The van der Waals surface area contributed by atoms with Crippen LogP contribution in [0.1, 0.15) is 47.4 Å². The van der Waals surface area contributed by atoms with E-state index in [2.05, 4.69) is 11.8 Å². The molecule has 5 nitrogen and oxygen atoms in total. The number of primary amides is 1. The first-order valence-corrected chi connectivity index (χ1v) is 11.6. The van der Waals surface area contributed by atoms with Gasteiger partial charge in [0, 0.05) is 33.8 Å². The number of aliphatic hydroxyl groups is 1. The lowest BCUT2D eigenvalue weighted by molar-refractivity contribution is 0.0884. The Morgan fingerprint density at radius 2 is 2.09 bits per heavy atom. The van der Waals surface area contributed by atoms with Gasteiger partial charge in [-0.3, -0.25) is 9.69 Å². The van der Waals surface area contributed by atoms with E-state index >= 15 is 0 Å². The molecule has 0 radical (unpaired) electrons. The number of halogens is 3. The Hall–Kier alpha value is -2.26. The van der Waals surface area contributed by atoms with Gasteiger partial charge in [0.05, 0.1) is 6.10 Å². The highest BCUT2D eigenvalue weighted by molar-refractivity contribution is 7.17. The standard InChI is InChI=1S/C24H26F2N2O3S.ClH/c1-2-8-28(9-7-21(29)19-13-32-22-6-3-14(25)10-17(19)22)15-11-18-16(24(27)30)4-5-20(26)23(18)31-12-15;/h3-6,10,13,15,21,29H,2,7-9,11-12H2,1H3,(H2,27,30);1H. The highest BCUT2D eigenvalue weighted by Gasteiger charge is 2.30. The van der Waals surface area contributed by atoms with Crippen LogP contribution in [-0.2, 0) is 6.42 Å². The average Bonchev–Trinajstić information content (AvgIpc) is 3.19. The molecule has 0 spiro atoms. The summed E-state index contributed by atoms with van der Waals surface area (Å²) in [4.78, 5) is 14.0. The van der Waals surface area contributed by atoms with Crippen molar-refractivity contribution in [3.8, 4) is 5.75 Å². The van der Waals surface area contributed by atoms with Crippen LogP contribution in [0.15, 0.2) is 35.7 Å². The topological polar surface area (TPSA) is 75.8 Å². The number of thiophene rings is 1. The molecule has 2 atom stereocenters. The highest BCUT2D eigenvalue weighted by atomic mass is 35.5. The molecule has 1 amide bonds. The van der Waals surface area contributed by atoms with Gasteiger partial charge in [-0.2, -0.15) is 0 Å². The van der Waals surface area contributed by atoms with Crippen molar-refractivity contribution in [1.82, 2.24) is 4.90 Å². The molecule has 1 aliphatic rings. The molecule has 0 bridgehead atoms. The molecule has 4 rings (SSSR count). The summed E-state index contributed by atoms with van der Waals surface area (Å²) in [5, 5.41) is 13.5. The van der Waals surface area contributed by atoms with E-state index in [1.165, 1.54) is 35.6 Å². The molecular weight excluding hydrogens is 470 g/mol. The number of nitrogens with zero attached hydrogens (tertiary/aromatic N) is 1. The Morgan fingerprint density at radius 3 is 2.82 bits per heavy atom. The number of hydrogen-bond donors (Lipinski definition) is 2. The number of fused-ring (bicyclic) bond motifs is 2. The van der Waals surface area contributed by atoms with Crippen LogP contribution in [0.2, 0.25) is 0 Å². The summed E-state index contributed by atoms with van der Waals surface area (Å²) in [6, 6.07) is 7.12. The summed E-state index contributed by atoms with van der Waals surface area (Å²) < 4.78 is 34.5. The highest BCUT2D eigenvalue weighted by Crippen LogP contribution is 2.34. The van der Waals surface area contributed by atoms with Crippen LogP contribution in [0.3, 0.4) is 0 Å². The number of carbonyl (C=O) groups excluding carboxylic acids is 1. The van der Waals surface area contributed by atoms with Gasteiger partial charge >= 0.3 is 0 Å². The van der Waals surface area contributed by atoms with Crippen LogP contribution in [0, 0.1) is 11.6 Å². The van der Waals surface area contributed by atoms with Crippen molar-refractivity contribution in [1.29, 1.82) is 0 Å². The summed E-state index contributed by atoms with van der Waals surface area (Å²) >= 11 is 1.48. The van der Waals surface area contributed by atoms with Gasteiger partial charge in [-0.1, -0.05) is 6.92 Å².